The molecule has 1 aromatic carbocycles. The van der Waals surface area contributed by atoms with Gasteiger partial charge in [-0.15, -0.1) is 0 Å². The first-order chi connectivity index (χ1) is 8.34. The van der Waals surface area contributed by atoms with E-state index in [1.54, 1.807) is 0 Å². The van der Waals surface area contributed by atoms with Gasteiger partial charge in [0, 0.05) is 6.54 Å². The smallest absolute Gasteiger partial charge is 0.224 e. The van der Waals surface area contributed by atoms with Gasteiger partial charge in [0.25, 0.3) is 0 Å². The maximum atomic E-state index is 11.8. The van der Waals surface area contributed by atoms with Crippen molar-refractivity contribution in [1.29, 1.82) is 5.26 Å². The minimum absolute atomic E-state index is 0.0352. The summed E-state index contributed by atoms with van der Waals surface area (Å²) >= 11 is 0. The summed E-state index contributed by atoms with van der Waals surface area (Å²) in [5.74, 6) is -0.0352. The van der Waals surface area contributed by atoms with E-state index in [2.05, 4.69) is 11.4 Å². The fourth-order valence-corrected chi connectivity index (χ4v) is 1.59. The first-order valence-corrected chi connectivity index (χ1v) is 6.08. The number of hydrogen-bond acceptors (Lipinski definition) is 2. The molecule has 0 aliphatic rings. The molecule has 96 valence electrons. The lowest BCUT2D eigenvalue weighted by atomic mass is 9.96. The van der Waals surface area contributed by atoms with E-state index in [4.69, 9.17) is 5.26 Å². The van der Waals surface area contributed by atoms with Gasteiger partial charge in [-0.2, -0.15) is 5.26 Å². The van der Waals surface area contributed by atoms with E-state index >= 15 is 0 Å². The fourth-order valence-electron chi connectivity index (χ4n) is 1.59. The molecule has 0 atom stereocenters. The van der Waals surface area contributed by atoms with Gasteiger partial charge in [0.1, 0.15) is 0 Å². The molecular formula is C15H20N2O. The summed E-state index contributed by atoms with van der Waals surface area (Å²) in [5, 5.41) is 11.7. The molecule has 0 unspecified atom stereocenters. The van der Waals surface area contributed by atoms with E-state index in [0.29, 0.717) is 13.0 Å². The fraction of sp³-hybridized carbons (Fsp3) is 0.467. The lowest BCUT2D eigenvalue weighted by Gasteiger charge is -2.16. The van der Waals surface area contributed by atoms with Crippen molar-refractivity contribution in [3.8, 4) is 6.07 Å². The van der Waals surface area contributed by atoms with Crippen molar-refractivity contribution < 1.29 is 4.79 Å². The average Bonchev–Trinajstić information content (AvgIpc) is 2.31. The van der Waals surface area contributed by atoms with Crippen LogP contribution in [0.4, 0.5) is 0 Å². The summed E-state index contributed by atoms with van der Waals surface area (Å²) in [6.45, 7) is 8.02. The van der Waals surface area contributed by atoms with Gasteiger partial charge in [-0.3, -0.25) is 4.79 Å². The highest BCUT2D eigenvalue weighted by Crippen LogP contribution is 2.13. The third-order valence-electron chi connectivity index (χ3n) is 2.89. The molecule has 0 saturated carbocycles. The standard InChI is InChI=1S/C15H20N2O/c1-11-5-6-12(2)13(7-11)8-14(18)17-10-15(3,4)9-16/h5-7H,8,10H2,1-4H3,(H,17,18). The molecule has 0 heterocycles. The number of rotatable bonds is 4. The second kappa shape index (κ2) is 5.68. The van der Waals surface area contributed by atoms with Crippen molar-refractivity contribution in [2.45, 2.75) is 34.1 Å². The summed E-state index contributed by atoms with van der Waals surface area (Å²) in [5.41, 5.74) is 2.80. The predicted octanol–water partition coefficient (Wildman–Crippen LogP) is 2.51. The molecule has 0 spiro atoms. The number of carbonyl (C=O) groups excluding carboxylic acids is 1. The molecule has 0 aliphatic carbocycles. The lowest BCUT2D eigenvalue weighted by molar-refractivity contribution is -0.120. The zero-order valence-electron chi connectivity index (χ0n) is 11.5. The van der Waals surface area contributed by atoms with Crippen LogP contribution in [0.25, 0.3) is 0 Å². The first kappa shape index (κ1) is 14.2. The molecule has 0 saturated heterocycles. The van der Waals surface area contributed by atoms with Crippen molar-refractivity contribution in [2.75, 3.05) is 6.54 Å². The van der Waals surface area contributed by atoms with Crippen LogP contribution in [0.2, 0.25) is 0 Å². The molecular weight excluding hydrogens is 224 g/mol. The number of nitrogens with zero attached hydrogens (tertiary/aromatic N) is 1. The van der Waals surface area contributed by atoms with Crippen molar-refractivity contribution in [3.63, 3.8) is 0 Å². The van der Waals surface area contributed by atoms with Crippen LogP contribution in [-0.2, 0) is 11.2 Å². The number of nitriles is 1. The highest BCUT2D eigenvalue weighted by atomic mass is 16.1. The summed E-state index contributed by atoms with van der Waals surface area (Å²) in [6.07, 6.45) is 0.370. The zero-order valence-corrected chi connectivity index (χ0v) is 11.5. The Bertz CT molecular complexity index is 484. The molecule has 18 heavy (non-hydrogen) atoms. The van der Waals surface area contributed by atoms with Gasteiger partial charge in [0.2, 0.25) is 5.91 Å². The van der Waals surface area contributed by atoms with Gasteiger partial charge in [-0.05, 0) is 38.8 Å². The molecule has 0 aliphatic heterocycles. The molecule has 3 heteroatoms. The van der Waals surface area contributed by atoms with Gasteiger partial charge in [0.15, 0.2) is 0 Å². The molecule has 0 bridgehead atoms. The van der Waals surface area contributed by atoms with Crippen molar-refractivity contribution in [2.24, 2.45) is 5.41 Å². The van der Waals surface area contributed by atoms with Crippen LogP contribution in [0.5, 0.6) is 0 Å². The maximum Gasteiger partial charge on any atom is 0.224 e. The van der Waals surface area contributed by atoms with E-state index in [9.17, 15) is 4.79 Å². The Morgan fingerprint density at radius 2 is 2.06 bits per heavy atom. The number of amides is 1. The summed E-state index contributed by atoms with van der Waals surface area (Å²) in [6, 6.07) is 8.26. The van der Waals surface area contributed by atoms with E-state index in [0.717, 1.165) is 16.7 Å². The Labute approximate surface area is 109 Å². The van der Waals surface area contributed by atoms with Gasteiger partial charge in [-0.1, -0.05) is 23.8 Å². The van der Waals surface area contributed by atoms with E-state index in [-0.39, 0.29) is 5.91 Å². The minimum atomic E-state index is -0.517. The first-order valence-electron chi connectivity index (χ1n) is 6.08. The molecule has 0 aromatic heterocycles. The highest BCUT2D eigenvalue weighted by molar-refractivity contribution is 5.79. The third-order valence-corrected chi connectivity index (χ3v) is 2.89. The Balaban J connectivity index is 2.61. The van der Waals surface area contributed by atoms with Crippen molar-refractivity contribution >= 4 is 5.91 Å². The maximum absolute atomic E-state index is 11.8. The van der Waals surface area contributed by atoms with Crippen molar-refractivity contribution in [1.82, 2.24) is 5.32 Å². The second-order valence-corrected chi connectivity index (χ2v) is 5.38. The quantitative estimate of drug-likeness (QED) is 0.884. The topological polar surface area (TPSA) is 52.9 Å². The Kier molecular flexibility index (Phi) is 4.49. The van der Waals surface area contributed by atoms with Crippen LogP contribution in [-0.4, -0.2) is 12.5 Å². The summed E-state index contributed by atoms with van der Waals surface area (Å²) < 4.78 is 0. The van der Waals surface area contributed by atoms with Gasteiger partial charge >= 0.3 is 0 Å². The van der Waals surface area contributed by atoms with Crippen LogP contribution < -0.4 is 5.32 Å². The SMILES string of the molecule is Cc1ccc(C)c(CC(=O)NCC(C)(C)C#N)c1. The van der Waals surface area contributed by atoms with Crippen LogP contribution in [0, 0.1) is 30.6 Å². The van der Waals surface area contributed by atoms with Gasteiger partial charge < -0.3 is 5.32 Å². The Morgan fingerprint density at radius 1 is 1.39 bits per heavy atom. The van der Waals surface area contributed by atoms with Crippen LogP contribution in [0.15, 0.2) is 18.2 Å². The summed E-state index contributed by atoms with van der Waals surface area (Å²) in [4.78, 5) is 11.8. The number of hydrogen-bond donors (Lipinski definition) is 1. The number of aryl methyl sites for hydroxylation is 2. The molecule has 1 N–H and O–H groups in total. The predicted molar refractivity (Wildman–Crippen MR) is 72.0 cm³/mol. The lowest BCUT2D eigenvalue weighted by Crippen LogP contribution is -2.34. The van der Waals surface area contributed by atoms with E-state index in [1.165, 1.54) is 0 Å². The highest BCUT2D eigenvalue weighted by Gasteiger charge is 2.17. The molecule has 0 fully saturated rings. The number of nitrogens with one attached hydrogen (secondary N) is 1. The molecule has 1 aromatic rings. The van der Waals surface area contributed by atoms with E-state index < -0.39 is 5.41 Å². The third kappa shape index (κ3) is 4.21. The minimum Gasteiger partial charge on any atom is -0.354 e. The molecule has 0 radical (unpaired) electrons. The van der Waals surface area contributed by atoms with Crippen LogP contribution >= 0.6 is 0 Å². The molecule has 1 rings (SSSR count). The number of benzene rings is 1. The van der Waals surface area contributed by atoms with Crippen molar-refractivity contribution in [3.05, 3.63) is 34.9 Å². The normalized spacial score (nSPS) is 10.8. The second-order valence-electron chi connectivity index (χ2n) is 5.38. The number of carbonyl (C=O) groups is 1. The van der Waals surface area contributed by atoms with Gasteiger partial charge in [0.05, 0.1) is 17.9 Å². The Hall–Kier alpha value is -1.82. The Morgan fingerprint density at radius 3 is 2.67 bits per heavy atom. The molecule has 1 amide bonds. The average molecular weight is 244 g/mol. The van der Waals surface area contributed by atoms with Gasteiger partial charge in [-0.25, -0.2) is 0 Å². The molecule has 3 nitrogen and oxygen atoms in total. The summed E-state index contributed by atoms with van der Waals surface area (Å²) in [7, 11) is 0. The zero-order chi connectivity index (χ0) is 13.8. The van der Waals surface area contributed by atoms with Crippen LogP contribution in [0.3, 0.4) is 0 Å². The van der Waals surface area contributed by atoms with Crippen LogP contribution in [0.1, 0.15) is 30.5 Å². The van der Waals surface area contributed by atoms with E-state index in [1.807, 2.05) is 45.9 Å². The largest absolute Gasteiger partial charge is 0.354 e. The monoisotopic (exact) mass is 244 g/mol.